The maximum absolute atomic E-state index is 13.5. The van der Waals surface area contributed by atoms with Crippen molar-refractivity contribution in [1.29, 1.82) is 0 Å². The smallest absolute Gasteiger partial charge is 0.148 e. The Balaban J connectivity index is 2.01. The number of aliphatic hydroxyl groups is 1. The third kappa shape index (κ3) is 2.69. The first-order valence-corrected chi connectivity index (χ1v) is 6.05. The molecule has 4 N–H and O–H groups in total. The fraction of sp³-hybridized carbons (Fsp3) is 0.538. The monoisotopic (exact) mass is 238 g/mol. The van der Waals surface area contributed by atoms with Gasteiger partial charge in [0.25, 0.3) is 0 Å². The highest BCUT2D eigenvalue weighted by molar-refractivity contribution is 5.52. The van der Waals surface area contributed by atoms with Gasteiger partial charge in [-0.25, -0.2) is 4.39 Å². The van der Waals surface area contributed by atoms with Gasteiger partial charge in [0.05, 0.1) is 12.3 Å². The van der Waals surface area contributed by atoms with E-state index in [9.17, 15) is 9.50 Å². The molecule has 1 fully saturated rings. The fourth-order valence-electron chi connectivity index (χ4n) is 2.47. The molecular weight excluding hydrogens is 219 g/mol. The van der Waals surface area contributed by atoms with E-state index >= 15 is 0 Å². The van der Waals surface area contributed by atoms with E-state index in [0.29, 0.717) is 17.9 Å². The van der Waals surface area contributed by atoms with Gasteiger partial charge in [-0.1, -0.05) is 12.8 Å². The highest BCUT2D eigenvalue weighted by atomic mass is 19.1. The molecule has 1 saturated carbocycles. The van der Waals surface area contributed by atoms with E-state index in [2.05, 4.69) is 5.32 Å². The standard InChI is InChI=1S/C13H19FN2O/c14-11-7-10(15)3-4-12(11)16-8-13(9-17)5-1-2-6-13/h3-4,7,16-17H,1-2,5-6,8-9,15H2. The number of anilines is 2. The number of hydrogen-bond acceptors (Lipinski definition) is 3. The van der Waals surface area contributed by atoms with Crippen LogP contribution in [0.3, 0.4) is 0 Å². The summed E-state index contributed by atoms with van der Waals surface area (Å²) in [5.41, 5.74) is 6.29. The number of nitrogens with one attached hydrogen (secondary N) is 1. The van der Waals surface area contributed by atoms with Gasteiger partial charge in [0.1, 0.15) is 5.82 Å². The number of aliphatic hydroxyl groups excluding tert-OH is 1. The quantitative estimate of drug-likeness (QED) is 0.706. The third-order valence-corrected chi connectivity index (χ3v) is 3.65. The normalized spacial score (nSPS) is 18.2. The first-order valence-electron chi connectivity index (χ1n) is 6.05. The van der Waals surface area contributed by atoms with E-state index in [-0.39, 0.29) is 17.8 Å². The summed E-state index contributed by atoms with van der Waals surface area (Å²) in [4.78, 5) is 0. The second-order valence-corrected chi connectivity index (χ2v) is 4.96. The summed E-state index contributed by atoms with van der Waals surface area (Å²) in [7, 11) is 0. The van der Waals surface area contributed by atoms with Gasteiger partial charge in [-0.15, -0.1) is 0 Å². The first kappa shape index (κ1) is 12.2. The molecule has 0 aromatic heterocycles. The van der Waals surface area contributed by atoms with Gasteiger partial charge in [0.2, 0.25) is 0 Å². The summed E-state index contributed by atoms with van der Waals surface area (Å²) in [5.74, 6) is -0.337. The average molecular weight is 238 g/mol. The van der Waals surface area contributed by atoms with Gasteiger partial charge >= 0.3 is 0 Å². The van der Waals surface area contributed by atoms with Crippen molar-refractivity contribution in [2.45, 2.75) is 25.7 Å². The topological polar surface area (TPSA) is 58.3 Å². The molecule has 0 heterocycles. The number of rotatable bonds is 4. The molecule has 0 atom stereocenters. The van der Waals surface area contributed by atoms with Crippen molar-refractivity contribution in [1.82, 2.24) is 0 Å². The molecule has 0 spiro atoms. The van der Waals surface area contributed by atoms with Gasteiger partial charge in [0.15, 0.2) is 0 Å². The van der Waals surface area contributed by atoms with Crippen LogP contribution in [0.1, 0.15) is 25.7 Å². The average Bonchev–Trinajstić information content (AvgIpc) is 2.77. The van der Waals surface area contributed by atoms with Crippen LogP contribution in [0.5, 0.6) is 0 Å². The molecule has 1 aliphatic carbocycles. The Bertz CT molecular complexity index is 389. The van der Waals surface area contributed by atoms with Crippen LogP contribution in [0.2, 0.25) is 0 Å². The van der Waals surface area contributed by atoms with E-state index in [4.69, 9.17) is 5.73 Å². The Kier molecular flexibility index (Phi) is 3.52. The predicted molar refractivity (Wildman–Crippen MR) is 67.3 cm³/mol. The molecule has 0 saturated heterocycles. The molecule has 2 rings (SSSR count). The SMILES string of the molecule is Nc1ccc(NCC2(CO)CCCC2)c(F)c1. The highest BCUT2D eigenvalue weighted by Crippen LogP contribution is 2.37. The van der Waals surface area contributed by atoms with Crippen LogP contribution in [-0.2, 0) is 0 Å². The van der Waals surface area contributed by atoms with E-state index in [0.717, 1.165) is 25.7 Å². The molecule has 94 valence electrons. The zero-order chi connectivity index (χ0) is 12.3. The molecule has 1 aromatic rings. The Morgan fingerprint density at radius 2 is 2.06 bits per heavy atom. The van der Waals surface area contributed by atoms with E-state index in [1.54, 1.807) is 12.1 Å². The third-order valence-electron chi connectivity index (χ3n) is 3.65. The van der Waals surface area contributed by atoms with E-state index in [1.165, 1.54) is 6.07 Å². The molecule has 0 unspecified atom stereocenters. The van der Waals surface area contributed by atoms with Crippen molar-refractivity contribution in [2.24, 2.45) is 5.41 Å². The van der Waals surface area contributed by atoms with Crippen molar-refractivity contribution in [3.63, 3.8) is 0 Å². The Hall–Kier alpha value is -1.29. The molecule has 1 aliphatic rings. The van der Waals surface area contributed by atoms with E-state index in [1.807, 2.05) is 0 Å². The number of benzene rings is 1. The van der Waals surface area contributed by atoms with Crippen LogP contribution in [0.25, 0.3) is 0 Å². The lowest BCUT2D eigenvalue weighted by Gasteiger charge is -2.27. The Morgan fingerprint density at radius 1 is 1.35 bits per heavy atom. The highest BCUT2D eigenvalue weighted by Gasteiger charge is 2.33. The zero-order valence-corrected chi connectivity index (χ0v) is 9.88. The van der Waals surface area contributed by atoms with E-state index < -0.39 is 0 Å². The summed E-state index contributed by atoms with van der Waals surface area (Å²) in [6.45, 7) is 0.779. The van der Waals surface area contributed by atoms with Gasteiger partial charge in [0, 0.05) is 17.6 Å². The van der Waals surface area contributed by atoms with Crippen LogP contribution >= 0.6 is 0 Å². The minimum absolute atomic E-state index is 0.0756. The lowest BCUT2D eigenvalue weighted by atomic mass is 9.87. The molecule has 4 heteroatoms. The minimum Gasteiger partial charge on any atom is -0.399 e. The second kappa shape index (κ2) is 4.92. The van der Waals surface area contributed by atoms with Crippen LogP contribution < -0.4 is 11.1 Å². The van der Waals surface area contributed by atoms with Crippen LogP contribution in [0, 0.1) is 11.2 Å². The van der Waals surface area contributed by atoms with Crippen molar-refractivity contribution in [3.05, 3.63) is 24.0 Å². The lowest BCUT2D eigenvalue weighted by Crippen LogP contribution is -2.30. The summed E-state index contributed by atoms with van der Waals surface area (Å²) in [6, 6.07) is 4.62. The number of hydrogen-bond donors (Lipinski definition) is 3. The zero-order valence-electron chi connectivity index (χ0n) is 9.88. The molecule has 17 heavy (non-hydrogen) atoms. The van der Waals surface area contributed by atoms with Gasteiger partial charge in [-0.2, -0.15) is 0 Å². The van der Waals surface area contributed by atoms with Crippen molar-refractivity contribution in [3.8, 4) is 0 Å². The van der Waals surface area contributed by atoms with Crippen molar-refractivity contribution >= 4 is 11.4 Å². The number of halogens is 1. The molecule has 1 aromatic carbocycles. The molecule has 0 radical (unpaired) electrons. The number of nitrogens with two attached hydrogens (primary N) is 1. The Morgan fingerprint density at radius 3 is 2.65 bits per heavy atom. The fourth-order valence-corrected chi connectivity index (χ4v) is 2.47. The van der Waals surface area contributed by atoms with Crippen LogP contribution in [0.4, 0.5) is 15.8 Å². The summed E-state index contributed by atoms with van der Waals surface area (Å²) < 4.78 is 13.5. The van der Waals surface area contributed by atoms with Crippen molar-refractivity contribution < 1.29 is 9.50 Å². The molecule has 0 amide bonds. The molecule has 0 bridgehead atoms. The maximum atomic E-state index is 13.5. The Labute approximate surface area is 101 Å². The second-order valence-electron chi connectivity index (χ2n) is 4.96. The number of nitrogen functional groups attached to an aromatic ring is 1. The predicted octanol–water partition coefficient (Wildman–Crippen LogP) is 2.37. The summed E-state index contributed by atoms with van der Waals surface area (Å²) >= 11 is 0. The molecule has 3 nitrogen and oxygen atoms in total. The summed E-state index contributed by atoms with van der Waals surface area (Å²) in [5, 5.41) is 12.5. The van der Waals surface area contributed by atoms with Gasteiger partial charge in [-0.3, -0.25) is 0 Å². The summed E-state index contributed by atoms with van der Waals surface area (Å²) in [6.07, 6.45) is 4.30. The maximum Gasteiger partial charge on any atom is 0.148 e. The lowest BCUT2D eigenvalue weighted by molar-refractivity contribution is 0.142. The molecule has 0 aliphatic heterocycles. The van der Waals surface area contributed by atoms with Gasteiger partial charge < -0.3 is 16.2 Å². The largest absolute Gasteiger partial charge is 0.399 e. The minimum atomic E-state index is -0.337. The van der Waals surface area contributed by atoms with Gasteiger partial charge in [-0.05, 0) is 31.0 Å². The first-order chi connectivity index (χ1) is 8.15. The van der Waals surface area contributed by atoms with Crippen molar-refractivity contribution in [2.75, 3.05) is 24.2 Å². The van der Waals surface area contributed by atoms with Crippen LogP contribution in [-0.4, -0.2) is 18.3 Å². The molecular formula is C13H19FN2O. The van der Waals surface area contributed by atoms with Crippen LogP contribution in [0.15, 0.2) is 18.2 Å².